The summed E-state index contributed by atoms with van der Waals surface area (Å²) >= 11 is 0. The Balaban J connectivity index is 1.40. The normalized spacial score (nSPS) is 20.6. The van der Waals surface area contributed by atoms with Crippen LogP contribution in [0.1, 0.15) is 52.7 Å². The zero-order valence-electron chi connectivity index (χ0n) is 27.2. The van der Waals surface area contributed by atoms with E-state index >= 15 is 0 Å². The van der Waals surface area contributed by atoms with E-state index in [4.69, 9.17) is 23.6 Å². The van der Waals surface area contributed by atoms with Gasteiger partial charge in [0.05, 0.1) is 38.4 Å². The SMILES string of the molecule is CC1(C)[N+]#Cc2cc(-c3ccnc(Nc4cccnc4OC4COC4)n3)cc3c2N(C[C@]3(C)CO[Si](C)(C)C(C)(C)C)C(=O)O1. The molecular weight excluding hydrogens is 588 g/mol. The van der Waals surface area contributed by atoms with Gasteiger partial charge in [-0.1, -0.05) is 27.7 Å². The number of carbonyl (C=O) groups is 1. The van der Waals surface area contributed by atoms with Crippen molar-refractivity contribution in [3.63, 3.8) is 0 Å². The third-order valence-corrected chi connectivity index (χ3v) is 13.4. The molecule has 0 radical (unpaired) electrons. The van der Waals surface area contributed by atoms with Crippen molar-refractivity contribution in [3.8, 4) is 23.2 Å². The second kappa shape index (κ2) is 11.1. The van der Waals surface area contributed by atoms with Crippen LogP contribution in [0, 0.1) is 6.07 Å². The number of nitrogens with one attached hydrogen (secondary N) is 1. The molecule has 1 atom stereocenters. The Bertz CT molecular complexity index is 1710. The first-order chi connectivity index (χ1) is 21.1. The van der Waals surface area contributed by atoms with Crippen LogP contribution in [0.15, 0.2) is 42.7 Å². The van der Waals surface area contributed by atoms with Gasteiger partial charge in [-0.3, -0.25) is 4.90 Å². The molecule has 0 spiro atoms. The summed E-state index contributed by atoms with van der Waals surface area (Å²) in [6.45, 7) is 18.7. The maximum Gasteiger partial charge on any atom is 0.420 e. The van der Waals surface area contributed by atoms with Gasteiger partial charge >= 0.3 is 17.9 Å². The summed E-state index contributed by atoms with van der Waals surface area (Å²) in [7, 11) is -2.09. The molecule has 1 saturated heterocycles. The number of pyridine rings is 1. The van der Waals surface area contributed by atoms with Gasteiger partial charge in [0, 0.05) is 36.5 Å². The largest absolute Gasteiger partial charge is 0.468 e. The molecule has 0 aliphatic carbocycles. The minimum atomic E-state index is -2.09. The number of anilines is 3. The van der Waals surface area contributed by atoms with E-state index in [1.54, 1.807) is 31.1 Å². The summed E-state index contributed by atoms with van der Waals surface area (Å²) in [4.78, 5) is 33.4. The maximum absolute atomic E-state index is 13.5. The molecule has 0 bridgehead atoms. The molecule has 12 heteroatoms. The van der Waals surface area contributed by atoms with E-state index in [1.807, 2.05) is 24.3 Å². The Morgan fingerprint density at radius 3 is 2.64 bits per heavy atom. The lowest BCUT2D eigenvalue weighted by Gasteiger charge is -2.39. The van der Waals surface area contributed by atoms with Crippen LogP contribution in [0.3, 0.4) is 0 Å². The van der Waals surface area contributed by atoms with Gasteiger partial charge in [0.2, 0.25) is 11.8 Å². The first-order valence-electron chi connectivity index (χ1n) is 15.2. The lowest BCUT2D eigenvalue weighted by Crippen LogP contribution is -2.46. The van der Waals surface area contributed by atoms with Gasteiger partial charge in [-0.25, -0.2) is 19.7 Å². The third kappa shape index (κ3) is 6.12. The van der Waals surface area contributed by atoms with Gasteiger partial charge in [-0.2, -0.15) is 0 Å². The Labute approximate surface area is 265 Å². The molecule has 5 heterocycles. The van der Waals surface area contributed by atoms with Crippen molar-refractivity contribution in [1.29, 1.82) is 0 Å². The Morgan fingerprint density at radius 1 is 1.16 bits per heavy atom. The van der Waals surface area contributed by atoms with Gasteiger partial charge in [0.25, 0.3) is 0 Å². The molecular formula is C33H41N6O5Si+. The zero-order valence-corrected chi connectivity index (χ0v) is 28.2. The number of carbonyl (C=O) groups excluding carboxylic acids is 1. The van der Waals surface area contributed by atoms with E-state index < -0.39 is 25.6 Å². The summed E-state index contributed by atoms with van der Waals surface area (Å²) in [5.74, 6) is 0.860. The van der Waals surface area contributed by atoms with Crippen LogP contribution in [0.2, 0.25) is 18.1 Å². The number of amides is 1. The summed E-state index contributed by atoms with van der Waals surface area (Å²) in [6.07, 6.45) is 2.93. The summed E-state index contributed by atoms with van der Waals surface area (Å²) < 4.78 is 23.8. The topological polar surface area (TPSA) is 112 Å². The van der Waals surface area contributed by atoms with Crippen LogP contribution in [0.5, 0.6) is 5.88 Å². The summed E-state index contributed by atoms with van der Waals surface area (Å²) in [5, 5.41) is 3.31. The summed E-state index contributed by atoms with van der Waals surface area (Å²) in [6, 6.07) is 12.8. The smallest absolute Gasteiger partial charge is 0.420 e. The molecule has 1 fully saturated rings. The first-order valence-corrected chi connectivity index (χ1v) is 18.2. The van der Waals surface area contributed by atoms with Crippen LogP contribution >= 0.6 is 0 Å². The molecule has 2 aromatic heterocycles. The van der Waals surface area contributed by atoms with Crippen LogP contribution in [0.25, 0.3) is 16.1 Å². The fourth-order valence-electron chi connectivity index (χ4n) is 5.17. The lowest BCUT2D eigenvalue weighted by atomic mass is 9.83. The number of hydrogen-bond acceptors (Lipinski definition) is 9. The Morgan fingerprint density at radius 2 is 1.93 bits per heavy atom. The molecule has 0 unspecified atom stereocenters. The predicted octanol–water partition coefficient (Wildman–Crippen LogP) is 6.73. The van der Waals surface area contributed by atoms with E-state index in [-0.39, 0.29) is 11.1 Å². The Hall–Kier alpha value is -4.05. The van der Waals surface area contributed by atoms with Crippen LogP contribution in [0.4, 0.5) is 22.1 Å². The molecule has 45 heavy (non-hydrogen) atoms. The van der Waals surface area contributed by atoms with Crippen LogP contribution in [-0.2, 0) is 19.3 Å². The quantitative estimate of drug-likeness (QED) is 0.271. The molecule has 3 aromatic rings. The van der Waals surface area contributed by atoms with Gasteiger partial charge in [0.1, 0.15) is 17.4 Å². The number of aromatic nitrogens is 3. The minimum absolute atomic E-state index is 0.0287. The van der Waals surface area contributed by atoms with Crippen molar-refractivity contribution < 1.29 is 23.4 Å². The van der Waals surface area contributed by atoms with Crippen molar-refractivity contribution in [2.45, 2.75) is 76.9 Å². The number of ether oxygens (including phenoxy) is 3. The van der Waals surface area contributed by atoms with E-state index in [0.29, 0.717) is 55.1 Å². The highest BCUT2D eigenvalue weighted by Gasteiger charge is 2.49. The van der Waals surface area contributed by atoms with Crippen molar-refractivity contribution in [2.75, 3.05) is 36.6 Å². The number of rotatable bonds is 8. The Kier molecular flexibility index (Phi) is 7.62. The van der Waals surface area contributed by atoms with E-state index in [0.717, 1.165) is 16.8 Å². The van der Waals surface area contributed by atoms with E-state index in [2.05, 4.69) is 73.1 Å². The molecule has 236 valence electrons. The number of nitrogens with zero attached hydrogens (tertiary/aromatic N) is 5. The van der Waals surface area contributed by atoms with Gasteiger partial charge in [-0.15, -0.1) is 0 Å². The monoisotopic (exact) mass is 629 g/mol. The third-order valence-electron chi connectivity index (χ3n) is 8.95. The summed E-state index contributed by atoms with van der Waals surface area (Å²) in [5.41, 5.74) is 3.03. The number of benzene rings is 1. The van der Waals surface area contributed by atoms with Crippen molar-refractivity contribution in [1.82, 2.24) is 15.0 Å². The van der Waals surface area contributed by atoms with Crippen molar-refractivity contribution in [2.24, 2.45) is 0 Å². The minimum Gasteiger partial charge on any atom is -0.468 e. The second-order valence-electron chi connectivity index (χ2n) is 14.2. The van der Waals surface area contributed by atoms with Gasteiger partial charge < -0.3 is 24.0 Å². The van der Waals surface area contributed by atoms with Crippen molar-refractivity contribution in [3.05, 3.63) is 58.7 Å². The van der Waals surface area contributed by atoms with Crippen molar-refractivity contribution >= 4 is 31.7 Å². The highest BCUT2D eigenvalue weighted by Crippen LogP contribution is 2.47. The lowest BCUT2D eigenvalue weighted by molar-refractivity contribution is -0.0810. The van der Waals surface area contributed by atoms with E-state index in [1.165, 1.54) is 0 Å². The predicted molar refractivity (Wildman–Crippen MR) is 175 cm³/mol. The van der Waals surface area contributed by atoms with Crippen LogP contribution in [-0.4, -0.2) is 67.6 Å². The van der Waals surface area contributed by atoms with E-state index in [9.17, 15) is 4.79 Å². The highest BCUT2D eigenvalue weighted by atomic mass is 28.4. The molecule has 1 aromatic carbocycles. The van der Waals surface area contributed by atoms with Crippen LogP contribution < -0.4 is 15.0 Å². The average Bonchev–Trinajstić information content (AvgIpc) is 3.25. The van der Waals surface area contributed by atoms with Gasteiger partial charge in [0.15, 0.2) is 8.32 Å². The molecule has 0 saturated carbocycles. The molecule has 1 N–H and O–H groups in total. The molecule has 11 nitrogen and oxygen atoms in total. The average molecular weight is 630 g/mol. The maximum atomic E-state index is 13.5. The first kappa shape index (κ1) is 31.0. The molecule has 3 aliphatic heterocycles. The molecule has 3 aliphatic rings. The fourth-order valence-corrected chi connectivity index (χ4v) is 6.29. The molecule has 1 amide bonds. The molecule has 6 rings (SSSR count). The number of hydrogen-bond donors (Lipinski definition) is 1. The number of cyclic esters (lactones) is 1. The standard InChI is InChI=1S/C33H41N6O5Si/c1-31(2,3)45(7,8)42-20-33(6)19-39-27-22(16-36-32(4,5)44-30(39)40)14-21(15-24(27)33)25-11-13-35-29(37-25)38-26-10-9-12-34-28(26)43-23-17-41-18-23/h9-15,23H,17-20H2,1-8H3,(H,35,37,38)/q+1/t33-/m1/s1. The second-order valence-corrected chi connectivity index (χ2v) is 19.0. The highest BCUT2D eigenvalue weighted by molar-refractivity contribution is 6.74. The van der Waals surface area contributed by atoms with Gasteiger partial charge in [-0.05, 0) is 58.9 Å². The zero-order chi connectivity index (χ0) is 32.2. The fraction of sp³-hybridized carbons (Fsp3) is 0.485.